The van der Waals surface area contributed by atoms with Gasteiger partial charge in [0.15, 0.2) is 0 Å². The Kier molecular flexibility index (Phi) is 5.95. The lowest BCUT2D eigenvalue weighted by Gasteiger charge is -2.13. The van der Waals surface area contributed by atoms with Gasteiger partial charge in [-0.25, -0.2) is 4.79 Å². The molecule has 0 rings (SSSR count). The van der Waals surface area contributed by atoms with E-state index in [0.29, 0.717) is 0 Å². The van der Waals surface area contributed by atoms with Gasteiger partial charge in [-0.05, 0) is 19.8 Å². The third-order valence-electron chi connectivity index (χ3n) is 2.45. The number of hydrogen-bond donors (Lipinski definition) is 3. The van der Waals surface area contributed by atoms with E-state index in [1.165, 1.54) is 19.9 Å². The van der Waals surface area contributed by atoms with Crippen molar-refractivity contribution >= 4 is 17.9 Å². The van der Waals surface area contributed by atoms with Crippen molar-refractivity contribution in [3.63, 3.8) is 0 Å². The highest BCUT2D eigenvalue weighted by Crippen LogP contribution is 2.18. The van der Waals surface area contributed by atoms with Crippen LogP contribution in [0.25, 0.3) is 0 Å². The summed E-state index contributed by atoms with van der Waals surface area (Å²) in [5.41, 5.74) is 0.0548. The predicted octanol–water partition coefficient (Wildman–Crippen LogP) is 1.22. The summed E-state index contributed by atoms with van der Waals surface area (Å²) in [6.45, 7) is 2.79. The van der Waals surface area contributed by atoms with E-state index in [0.717, 1.165) is 0 Å². The van der Waals surface area contributed by atoms with Gasteiger partial charge < -0.3 is 15.3 Å². The summed E-state index contributed by atoms with van der Waals surface area (Å²) in [6.07, 6.45) is 1.30. The Hall–Kier alpha value is -1.85. The molecule has 0 aromatic rings. The van der Waals surface area contributed by atoms with Crippen LogP contribution in [-0.2, 0) is 14.4 Å². The molecule has 0 spiro atoms. The molecular formula is C11H16O6. The van der Waals surface area contributed by atoms with Crippen molar-refractivity contribution in [3.05, 3.63) is 11.6 Å². The molecule has 6 heteroatoms. The first-order chi connectivity index (χ1) is 7.75. The zero-order valence-corrected chi connectivity index (χ0v) is 9.71. The van der Waals surface area contributed by atoms with Gasteiger partial charge in [0.25, 0.3) is 0 Å². The summed E-state index contributed by atoms with van der Waals surface area (Å²) in [4.78, 5) is 32.0. The van der Waals surface area contributed by atoms with E-state index in [4.69, 9.17) is 15.3 Å². The van der Waals surface area contributed by atoms with Gasteiger partial charge in [-0.3, -0.25) is 9.59 Å². The van der Waals surface area contributed by atoms with Crippen molar-refractivity contribution in [1.29, 1.82) is 0 Å². The summed E-state index contributed by atoms with van der Waals surface area (Å²) in [5, 5.41) is 26.2. The maximum absolute atomic E-state index is 10.9. The summed E-state index contributed by atoms with van der Waals surface area (Å²) >= 11 is 0. The van der Waals surface area contributed by atoms with E-state index in [1.807, 2.05) is 0 Å². The molecule has 0 aliphatic carbocycles. The first-order valence-corrected chi connectivity index (χ1v) is 5.11. The highest BCUT2D eigenvalue weighted by atomic mass is 16.4. The van der Waals surface area contributed by atoms with Gasteiger partial charge in [0, 0.05) is 5.57 Å². The molecule has 2 atom stereocenters. The monoisotopic (exact) mass is 244 g/mol. The molecule has 0 fully saturated rings. The minimum absolute atomic E-state index is 0.0189. The molecule has 2 unspecified atom stereocenters. The summed E-state index contributed by atoms with van der Waals surface area (Å²) in [5.74, 6) is -4.94. The molecule has 3 N–H and O–H groups in total. The lowest BCUT2D eigenvalue weighted by atomic mass is 9.92. The minimum Gasteiger partial charge on any atom is -0.481 e. The molecule has 0 aliphatic heterocycles. The number of carbonyl (C=O) groups is 3. The highest BCUT2D eigenvalue weighted by Gasteiger charge is 2.23. The third kappa shape index (κ3) is 5.70. The Morgan fingerprint density at radius 1 is 1.12 bits per heavy atom. The van der Waals surface area contributed by atoms with E-state index < -0.39 is 29.7 Å². The molecule has 0 saturated heterocycles. The molecule has 0 radical (unpaired) electrons. The number of hydrogen-bond acceptors (Lipinski definition) is 3. The standard InChI is InChI=1S/C11H16O6/c1-6(9(12)13)3-4-8(11(16)17)5-7(2)10(14)15/h3,7-8H,4-5H2,1-2H3,(H,12,13)(H,14,15)(H,16,17). The quantitative estimate of drug-likeness (QED) is 0.580. The van der Waals surface area contributed by atoms with Gasteiger partial charge in [-0.1, -0.05) is 13.0 Å². The lowest BCUT2D eigenvalue weighted by molar-refractivity contribution is -0.145. The second-order valence-corrected chi connectivity index (χ2v) is 3.94. The fourth-order valence-corrected chi connectivity index (χ4v) is 1.23. The van der Waals surface area contributed by atoms with Crippen molar-refractivity contribution in [3.8, 4) is 0 Å². The molecule has 96 valence electrons. The van der Waals surface area contributed by atoms with Crippen LogP contribution in [0.4, 0.5) is 0 Å². The molecule has 0 saturated carbocycles. The molecule has 0 bridgehead atoms. The fourth-order valence-electron chi connectivity index (χ4n) is 1.23. The molecule has 0 heterocycles. The van der Waals surface area contributed by atoms with Gasteiger partial charge in [0.1, 0.15) is 0 Å². The van der Waals surface area contributed by atoms with Crippen molar-refractivity contribution < 1.29 is 29.7 Å². The van der Waals surface area contributed by atoms with E-state index in [2.05, 4.69) is 0 Å². The smallest absolute Gasteiger partial charge is 0.330 e. The van der Waals surface area contributed by atoms with Crippen LogP contribution < -0.4 is 0 Å². The lowest BCUT2D eigenvalue weighted by Crippen LogP contribution is -2.20. The van der Waals surface area contributed by atoms with Gasteiger partial charge in [-0.2, -0.15) is 0 Å². The first kappa shape index (κ1) is 15.2. The van der Waals surface area contributed by atoms with E-state index >= 15 is 0 Å². The Bertz CT molecular complexity index is 344. The Morgan fingerprint density at radius 3 is 2.00 bits per heavy atom. The molecule has 6 nitrogen and oxygen atoms in total. The molecule has 17 heavy (non-hydrogen) atoms. The van der Waals surface area contributed by atoms with Crippen molar-refractivity contribution in [2.45, 2.75) is 26.7 Å². The number of aliphatic carboxylic acids is 3. The van der Waals surface area contributed by atoms with Gasteiger partial charge in [0.2, 0.25) is 0 Å². The van der Waals surface area contributed by atoms with E-state index in [9.17, 15) is 14.4 Å². The fraction of sp³-hybridized carbons (Fsp3) is 0.545. The van der Waals surface area contributed by atoms with Crippen LogP contribution in [0.1, 0.15) is 26.7 Å². The SMILES string of the molecule is CC(=CCC(CC(C)C(=O)O)C(=O)O)C(=O)O. The predicted molar refractivity (Wildman–Crippen MR) is 58.6 cm³/mol. The summed E-state index contributed by atoms with van der Waals surface area (Å²) in [7, 11) is 0. The minimum atomic E-state index is -1.12. The average Bonchev–Trinajstić information content (AvgIpc) is 2.22. The summed E-state index contributed by atoms with van der Waals surface area (Å²) in [6, 6.07) is 0. The van der Waals surface area contributed by atoms with Gasteiger partial charge in [-0.15, -0.1) is 0 Å². The number of rotatable bonds is 7. The zero-order valence-electron chi connectivity index (χ0n) is 9.71. The zero-order chi connectivity index (χ0) is 13.6. The van der Waals surface area contributed by atoms with Crippen LogP contribution in [0.3, 0.4) is 0 Å². The number of carboxylic acids is 3. The van der Waals surface area contributed by atoms with Crippen LogP contribution >= 0.6 is 0 Å². The second-order valence-electron chi connectivity index (χ2n) is 3.94. The van der Waals surface area contributed by atoms with Crippen molar-refractivity contribution in [2.24, 2.45) is 11.8 Å². The largest absolute Gasteiger partial charge is 0.481 e. The highest BCUT2D eigenvalue weighted by molar-refractivity contribution is 5.85. The van der Waals surface area contributed by atoms with Crippen molar-refractivity contribution in [1.82, 2.24) is 0 Å². The molecule has 0 aromatic carbocycles. The van der Waals surface area contributed by atoms with Crippen LogP contribution in [0.2, 0.25) is 0 Å². The molecular weight excluding hydrogens is 228 g/mol. The molecule has 0 aliphatic rings. The van der Waals surface area contributed by atoms with Crippen LogP contribution in [-0.4, -0.2) is 33.2 Å². The van der Waals surface area contributed by atoms with Gasteiger partial charge >= 0.3 is 17.9 Å². The number of carboxylic acid groups (broad SMARTS) is 3. The Labute approximate surface area is 98.6 Å². The number of allylic oxidation sites excluding steroid dienone is 1. The van der Waals surface area contributed by atoms with Crippen LogP contribution in [0, 0.1) is 11.8 Å². The van der Waals surface area contributed by atoms with E-state index in [1.54, 1.807) is 0 Å². The maximum atomic E-state index is 10.9. The van der Waals surface area contributed by atoms with E-state index in [-0.39, 0.29) is 18.4 Å². The second kappa shape index (κ2) is 6.67. The average molecular weight is 244 g/mol. The maximum Gasteiger partial charge on any atom is 0.330 e. The van der Waals surface area contributed by atoms with Crippen LogP contribution in [0.5, 0.6) is 0 Å². The third-order valence-corrected chi connectivity index (χ3v) is 2.45. The topological polar surface area (TPSA) is 112 Å². The molecule has 0 amide bonds. The Balaban J connectivity index is 4.56. The van der Waals surface area contributed by atoms with Crippen molar-refractivity contribution in [2.75, 3.05) is 0 Å². The molecule has 0 aromatic heterocycles. The summed E-state index contributed by atoms with van der Waals surface area (Å²) < 4.78 is 0. The normalized spacial score (nSPS) is 15.1. The Morgan fingerprint density at radius 2 is 1.65 bits per heavy atom. The van der Waals surface area contributed by atoms with Crippen LogP contribution in [0.15, 0.2) is 11.6 Å². The first-order valence-electron chi connectivity index (χ1n) is 5.11. The van der Waals surface area contributed by atoms with Gasteiger partial charge in [0.05, 0.1) is 11.8 Å².